The van der Waals surface area contributed by atoms with Crippen molar-refractivity contribution in [3.05, 3.63) is 49.7 Å². The third-order valence-electron chi connectivity index (χ3n) is 2.48. The minimum Gasteiger partial charge on any atom is -0.374 e. The van der Waals surface area contributed by atoms with Crippen LogP contribution in [0.3, 0.4) is 0 Å². The van der Waals surface area contributed by atoms with E-state index in [4.69, 9.17) is 11.6 Å². The average molecular weight is 287 g/mol. The van der Waals surface area contributed by atoms with Crippen molar-refractivity contribution >= 4 is 28.7 Å². The summed E-state index contributed by atoms with van der Waals surface area (Å²) in [7, 11) is 0. The molecule has 7 heteroatoms. The molecule has 0 heterocycles. The maximum absolute atomic E-state index is 12.1. The number of para-hydroxylation sites is 1. The number of alkyl halides is 2. The van der Waals surface area contributed by atoms with Crippen LogP contribution in [-0.4, -0.2) is 13.0 Å². The number of hydrogen-bond donors (Lipinski definition) is 2. The zero-order valence-electron chi connectivity index (χ0n) is 9.54. The van der Waals surface area contributed by atoms with Crippen molar-refractivity contribution in [3.8, 4) is 0 Å². The second-order valence-corrected chi connectivity index (χ2v) is 4.19. The lowest BCUT2D eigenvalue weighted by molar-refractivity contribution is 0.163. The van der Waals surface area contributed by atoms with Gasteiger partial charge in [-0.25, -0.2) is 8.78 Å². The van der Waals surface area contributed by atoms with Crippen LogP contribution in [0, 0.1) is 0 Å². The fourth-order valence-corrected chi connectivity index (χ4v) is 1.74. The van der Waals surface area contributed by atoms with Gasteiger partial charge in [0.25, 0.3) is 17.3 Å². The Morgan fingerprint density at radius 1 is 1.11 bits per heavy atom. The maximum Gasteiger partial charge on any atom is 0.255 e. The minimum atomic E-state index is -2.61. The summed E-state index contributed by atoms with van der Waals surface area (Å²) in [4.78, 5) is 22.7. The SMILES string of the molecule is O=c1c(NCC(F)F)c(Nc2ccccc2Cl)c1=O. The molecule has 0 bridgehead atoms. The largest absolute Gasteiger partial charge is 0.374 e. The summed E-state index contributed by atoms with van der Waals surface area (Å²) in [6.07, 6.45) is -2.61. The highest BCUT2D eigenvalue weighted by Gasteiger charge is 2.22. The van der Waals surface area contributed by atoms with Gasteiger partial charge in [-0.2, -0.15) is 0 Å². The van der Waals surface area contributed by atoms with E-state index in [0.29, 0.717) is 10.7 Å². The molecule has 19 heavy (non-hydrogen) atoms. The monoisotopic (exact) mass is 286 g/mol. The van der Waals surface area contributed by atoms with E-state index in [0.717, 1.165) is 0 Å². The van der Waals surface area contributed by atoms with Gasteiger partial charge in [0, 0.05) is 0 Å². The average Bonchev–Trinajstić information content (AvgIpc) is 2.38. The molecule has 2 rings (SSSR count). The molecule has 0 amide bonds. The zero-order chi connectivity index (χ0) is 14.0. The second-order valence-electron chi connectivity index (χ2n) is 3.79. The molecule has 0 aliphatic rings. The third-order valence-corrected chi connectivity index (χ3v) is 2.81. The first-order valence-corrected chi connectivity index (χ1v) is 5.75. The van der Waals surface area contributed by atoms with Gasteiger partial charge in [-0.05, 0) is 12.1 Å². The number of hydrogen-bond acceptors (Lipinski definition) is 4. The van der Waals surface area contributed by atoms with Crippen LogP contribution in [-0.2, 0) is 0 Å². The van der Waals surface area contributed by atoms with Crippen molar-refractivity contribution in [1.29, 1.82) is 0 Å². The van der Waals surface area contributed by atoms with E-state index in [1.165, 1.54) is 0 Å². The lowest BCUT2D eigenvalue weighted by Gasteiger charge is -2.15. The van der Waals surface area contributed by atoms with E-state index in [1.54, 1.807) is 24.3 Å². The Bertz CT molecular complexity index is 666. The van der Waals surface area contributed by atoms with E-state index < -0.39 is 23.8 Å². The van der Waals surface area contributed by atoms with Crippen LogP contribution in [0.5, 0.6) is 0 Å². The first-order chi connectivity index (χ1) is 9.00. The summed E-state index contributed by atoms with van der Waals surface area (Å²) < 4.78 is 24.2. The van der Waals surface area contributed by atoms with Crippen molar-refractivity contribution in [1.82, 2.24) is 0 Å². The van der Waals surface area contributed by atoms with Crippen LogP contribution in [0.2, 0.25) is 5.02 Å². The summed E-state index contributed by atoms with van der Waals surface area (Å²) in [5.41, 5.74) is -1.31. The molecule has 2 aromatic rings. The van der Waals surface area contributed by atoms with Crippen LogP contribution in [0.4, 0.5) is 25.8 Å². The van der Waals surface area contributed by atoms with E-state index in [1.807, 2.05) is 0 Å². The van der Waals surface area contributed by atoms with E-state index in [9.17, 15) is 18.4 Å². The quantitative estimate of drug-likeness (QED) is 0.829. The van der Waals surface area contributed by atoms with Crippen LogP contribution in [0.25, 0.3) is 0 Å². The standard InChI is InChI=1S/C12H9ClF2N2O2/c13-6-3-1-2-4-7(6)17-10-9(11(18)12(10)19)16-5-8(14)15/h1-4,8,16-17H,5H2. The summed E-state index contributed by atoms with van der Waals surface area (Å²) in [6, 6.07) is 6.59. The van der Waals surface area contributed by atoms with Crippen LogP contribution in [0.15, 0.2) is 33.9 Å². The summed E-state index contributed by atoms with van der Waals surface area (Å²) in [5, 5.41) is 5.27. The van der Waals surface area contributed by atoms with Crippen molar-refractivity contribution in [2.75, 3.05) is 17.2 Å². The van der Waals surface area contributed by atoms with Crippen molar-refractivity contribution < 1.29 is 8.78 Å². The number of benzene rings is 1. The maximum atomic E-state index is 12.1. The van der Waals surface area contributed by atoms with Gasteiger partial charge in [-0.15, -0.1) is 0 Å². The molecule has 4 nitrogen and oxygen atoms in total. The molecule has 0 aromatic heterocycles. The highest BCUT2D eigenvalue weighted by molar-refractivity contribution is 6.33. The topological polar surface area (TPSA) is 58.2 Å². The lowest BCUT2D eigenvalue weighted by atomic mass is 10.1. The molecule has 2 aromatic carbocycles. The molecule has 0 unspecified atom stereocenters. The minimum absolute atomic E-state index is 0.0428. The predicted octanol–water partition coefficient (Wildman–Crippen LogP) is 2.36. The van der Waals surface area contributed by atoms with Gasteiger partial charge in [0.05, 0.1) is 17.3 Å². The third kappa shape index (κ3) is 2.73. The Morgan fingerprint density at radius 2 is 1.74 bits per heavy atom. The molecule has 100 valence electrons. The summed E-state index contributed by atoms with van der Waals surface area (Å²) in [5.74, 6) is 0. The lowest BCUT2D eigenvalue weighted by Crippen LogP contribution is -2.37. The summed E-state index contributed by atoms with van der Waals surface area (Å²) in [6.45, 7) is -0.692. The highest BCUT2D eigenvalue weighted by atomic mass is 35.5. The smallest absolute Gasteiger partial charge is 0.255 e. The summed E-state index contributed by atoms with van der Waals surface area (Å²) >= 11 is 5.89. The zero-order valence-corrected chi connectivity index (χ0v) is 10.3. The fraction of sp³-hybridized carbons (Fsp3) is 0.167. The van der Waals surface area contributed by atoms with Gasteiger partial charge in [-0.1, -0.05) is 23.7 Å². The second kappa shape index (κ2) is 5.36. The van der Waals surface area contributed by atoms with Crippen molar-refractivity contribution in [2.45, 2.75) is 6.43 Å². The highest BCUT2D eigenvalue weighted by Crippen LogP contribution is 2.26. The number of anilines is 3. The molecule has 2 N–H and O–H groups in total. The molecule has 0 fully saturated rings. The molecule has 0 radical (unpaired) electrons. The molecule has 0 saturated heterocycles. The van der Waals surface area contributed by atoms with Crippen LogP contribution < -0.4 is 21.5 Å². The number of halogens is 3. The molecule has 0 atom stereocenters. The van der Waals surface area contributed by atoms with Gasteiger partial charge >= 0.3 is 0 Å². The number of nitrogens with one attached hydrogen (secondary N) is 2. The Hall–Kier alpha value is -1.95. The van der Waals surface area contributed by atoms with Crippen molar-refractivity contribution in [2.24, 2.45) is 0 Å². The Balaban J connectivity index is 2.22. The Morgan fingerprint density at radius 3 is 2.37 bits per heavy atom. The Kier molecular flexibility index (Phi) is 3.80. The molecule has 0 spiro atoms. The molecule has 0 aliphatic heterocycles. The molecular formula is C12H9ClF2N2O2. The van der Waals surface area contributed by atoms with Crippen LogP contribution >= 0.6 is 11.6 Å². The van der Waals surface area contributed by atoms with Crippen LogP contribution in [0.1, 0.15) is 0 Å². The van der Waals surface area contributed by atoms with Gasteiger partial charge in [-0.3, -0.25) is 9.59 Å². The predicted molar refractivity (Wildman–Crippen MR) is 70.6 cm³/mol. The van der Waals surface area contributed by atoms with Gasteiger partial charge < -0.3 is 10.6 Å². The van der Waals surface area contributed by atoms with Gasteiger partial charge in [0.2, 0.25) is 0 Å². The Labute approximate surface area is 111 Å². The van der Waals surface area contributed by atoms with Gasteiger partial charge in [0.15, 0.2) is 0 Å². The number of rotatable bonds is 5. The normalized spacial score (nSPS) is 10.9. The van der Waals surface area contributed by atoms with E-state index in [-0.39, 0.29) is 11.4 Å². The first-order valence-electron chi connectivity index (χ1n) is 5.37. The van der Waals surface area contributed by atoms with Gasteiger partial charge in [0.1, 0.15) is 11.4 Å². The fourth-order valence-electron chi connectivity index (χ4n) is 1.56. The molecule has 0 saturated carbocycles. The van der Waals surface area contributed by atoms with E-state index in [2.05, 4.69) is 10.6 Å². The molecule has 0 aliphatic carbocycles. The first kappa shape index (κ1) is 13.5. The molecular weight excluding hydrogens is 278 g/mol. The van der Waals surface area contributed by atoms with Crippen molar-refractivity contribution in [3.63, 3.8) is 0 Å². The van der Waals surface area contributed by atoms with E-state index >= 15 is 0 Å².